The van der Waals surface area contributed by atoms with Gasteiger partial charge in [0, 0.05) is 49.7 Å². The molecule has 162 valence electrons. The van der Waals surface area contributed by atoms with E-state index in [2.05, 4.69) is 27.6 Å². The molecule has 4 rings (SSSR count). The second-order valence-electron chi connectivity index (χ2n) is 8.29. The van der Waals surface area contributed by atoms with Crippen LogP contribution in [0.1, 0.15) is 50.4 Å². The molecule has 1 aliphatic carbocycles. The lowest BCUT2D eigenvalue weighted by atomic mass is 9.96. The highest BCUT2D eigenvalue weighted by atomic mass is 32.1. The van der Waals surface area contributed by atoms with Crippen molar-refractivity contribution >= 4 is 22.7 Å². The van der Waals surface area contributed by atoms with Crippen LogP contribution in [-0.4, -0.2) is 59.1 Å². The Kier molecular flexibility index (Phi) is 6.72. The predicted octanol–water partition coefficient (Wildman–Crippen LogP) is 3.69. The van der Waals surface area contributed by atoms with E-state index in [-0.39, 0.29) is 12.1 Å². The van der Waals surface area contributed by atoms with Crippen LogP contribution >= 0.6 is 11.5 Å². The quantitative estimate of drug-likeness (QED) is 0.785. The van der Waals surface area contributed by atoms with Crippen LogP contribution in [0.3, 0.4) is 0 Å². The number of hydrogen-bond acceptors (Lipinski definition) is 6. The molecule has 1 aliphatic heterocycles. The number of ether oxygens (including phenoxy) is 1. The van der Waals surface area contributed by atoms with E-state index < -0.39 is 0 Å². The maximum Gasteiger partial charge on any atom is 0.317 e. The highest BCUT2D eigenvalue weighted by Crippen LogP contribution is 2.24. The Bertz CT molecular complexity index is 852. The SMILES string of the molecule is COc1cccc(Cc2nsc(N3CCN(C(=O)NC4CCCCC4)C(C)C3)n2)c1. The van der Waals surface area contributed by atoms with Crippen LogP contribution in [0, 0.1) is 0 Å². The fraction of sp³-hybridized carbons (Fsp3) is 0.591. The predicted molar refractivity (Wildman–Crippen MR) is 119 cm³/mol. The molecule has 1 aromatic heterocycles. The fourth-order valence-electron chi connectivity index (χ4n) is 4.35. The third-order valence-electron chi connectivity index (χ3n) is 6.05. The lowest BCUT2D eigenvalue weighted by Gasteiger charge is -2.40. The van der Waals surface area contributed by atoms with Crippen LogP contribution < -0.4 is 15.0 Å². The number of carbonyl (C=O) groups is 1. The number of hydrogen-bond donors (Lipinski definition) is 1. The zero-order valence-corrected chi connectivity index (χ0v) is 18.7. The minimum atomic E-state index is 0.0880. The largest absolute Gasteiger partial charge is 0.497 e. The lowest BCUT2D eigenvalue weighted by Crippen LogP contribution is -2.58. The number of carbonyl (C=O) groups excluding carboxylic acids is 1. The zero-order chi connectivity index (χ0) is 20.9. The number of methoxy groups -OCH3 is 1. The summed E-state index contributed by atoms with van der Waals surface area (Å²) in [5.41, 5.74) is 1.14. The Morgan fingerprint density at radius 1 is 1.27 bits per heavy atom. The van der Waals surface area contributed by atoms with E-state index in [4.69, 9.17) is 9.72 Å². The van der Waals surface area contributed by atoms with Gasteiger partial charge < -0.3 is 19.9 Å². The van der Waals surface area contributed by atoms with Gasteiger partial charge in [-0.1, -0.05) is 31.4 Å². The maximum atomic E-state index is 12.7. The van der Waals surface area contributed by atoms with E-state index in [0.29, 0.717) is 19.0 Å². The maximum absolute atomic E-state index is 12.7. The Labute approximate surface area is 182 Å². The summed E-state index contributed by atoms with van der Waals surface area (Å²) in [6.45, 7) is 4.40. The first-order chi connectivity index (χ1) is 14.6. The molecule has 0 spiro atoms. The van der Waals surface area contributed by atoms with Crippen molar-refractivity contribution in [3.05, 3.63) is 35.7 Å². The van der Waals surface area contributed by atoms with Gasteiger partial charge in [-0.25, -0.2) is 9.78 Å². The summed E-state index contributed by atoms with van der Waals surface area (Å²) < 4.78 is 9.85. The van der Waals surface area contributed by atoms with Crippen molar-refractivity contribution < 1.29 is 9.53 Å². The normalized spacial score (nSPS) is 20.3. The van der Waals surface area contributed by atoms with Gasteiger partial charge in [0.15, 0.2) is 0 Å². The molecule has 2 aromatic rings. The van der Waals surface area contributed by atoms with Crippen LogP contribution in [0.5, 0.6) is 5.75 Å². The summed E-state index contributed by atoms with van der Waals surface area (Å²) in [5.74, 6) is 1.67. The van der Waals surface area contributed by atoms with Gasteiger partial charge in [-0.2, -0.15) is 4.37 Å². The Morgan fingerprint density at radius 3 is 2.87 bits per heavy atom. The van der Waals surface area contributed by atoms with Crippen molar-refractivity contribution in [1.82, 2.24) is 19.6 Å². The number of amides is 2. The third-order valence-corrected chi connectivity index (χ3v) is 6.86. The minimum Gasteiger partial charge on any atom is -0.497 e. The number of anilines is 1. The van der Waals surface area contributed by atoms with Crippen LogP contribution in [0.15, 0.2) is 24.3 Å². The van der Waals surface area contributed by atoms with Crippen molar-refractivity contribution in [2.45, 2.75) is 57.5 Å². The molecule has 2 heterocycles. The summed E-state index contributed by atoms with van der Waals surface area (Å²) in [7, 11) is 1.68. The van der Waals surface area contributed by atoms with Crippen LogP contribution in [0.4, 0.5) is 9.93 Å². The second kappa shape index (κ2) is 9.64. The molecule has 1 N–H and O–H groups in total. The third kappa shape index (κ3) is 5.03. The molecular weight excluding hydrogens is 398 g/mol. The van der Waals surface area contributed by atoms with Gasteiger partial charge in [0.25, 0.3) is 0 Å². The molecule has 1 atom stereocenters. The van der Waals surface area contributed by atoms with E-state index >= 15 is 0 Å². The molecule has 2 amide bonds. The van der Waals surface area contributed by atoms with Crippen molar-refractivity contribution in [3.8, 4) is 5.75 Å². The average molecular weight is 430 g/mol. The van der Waals surface area contributed by atoms with E-state index in [9.17, 15) is 4.79 Å². The van der Waals surface area contributed by atoms with Gasteiger partial charge in [-0.3, -0.25) is 0 Å². The first kappa shape index (κ1) is 20.9. The summed E-state index contributed by atoms with van der Waals surface area (Å²) in [5, 5.41) is 4.18. The Balaban J connectivity index is 1.32. The number of urea groups is 1. The number of benzene rings is 1. The van der Waals surface area contributed by atoms with Gasteiger partial charge >= 0.3 is 6.03 Å². The molecule has 2 fully saturated rings. The molecule has 30 heavy (non-hydrogen) atoms. The van der Waals surface area contributed by atoms with Gasteiger partial charge in [-0.15, -0.1) is 0 Å². The average Bonchev–Trinajstić information content (AvgIpc) is 3.23. The molecule has 7 nitrogen and oxygen atoms in total. The minimum absolute atomic E-state index is 0.0880. The lowest BCUT2D eigenvalue weighted by molar-refractivity contribution is 0.165. The molecule has 8 heteroatoms. The highest BCUT2D eigenvalue weighted by Gasteiger charge is 2.30. The molecule has 1 saturated carbocycles. The van der Waals surface area contributed by atoms with E-state index in [1.165, 1.54) is 30.8 Å². The Morgan fingerprint density at radius 2 is 2.10 bits per heavy atom. The first-order valence-electron chi connectivity index (χ1n) is 10.9. The van der Waals surface area contributed by atoms with E-state index in [1.54, 1.807) is 7.11 Å². The number of aromatic nitrogens is 2. The highest BCUT2D eigenvalue weighted by molar-refractivity contribution is 7.09. The van der Waals surface area contributed by atoms with Gasteiger partial charge in [0.05, 0.1) is 7.11 Å². The van der Waals surface area contributed by atoms with Crippen molar-refractivity contribution in [3.63, 3.8) is 0 Å². The fourth-order valence-corrected chi connectivity index (χ4v) is 5.07. The topological polar surface area (TPSA) is 70.6 Å². The van der Waals surface area contributed by atoms with Crippen molar-refractivity contribution in [1.29, 1.82) is 0 Å². The van der Waals surface area contributed by atoms with Gasteiger partial charge in [0.2, 0.25) is 5.13 Å². The smallest absolute Gasteiger partial charge is 0.317 e. The number of piperazine rings is 1. The summed E-state index contributed by atoms with van der Waals surface area (Å²) >= 11 is 1.44. The van der Waals surface area contributed by atoms with Crippen molar-refractivity contribution in [2.24, 2.45) is 0 Å². The molecular formula is C22H31N5O2S. The number of nitrogens with one attached hydrogen (secondary N) is 1. The standard InChI is InChI=1S/C22H31N5O2S/c1-16-15-26(11-12-27(16)21(28)23-18-8-4-3-5-9-18)22-24-20(25-30-22)14-17-7-6-10-19(13-17)29-2/h6-7,10,13,16,18H,3-5,8-9,11-12,14-15H2,1-2H3,(H,23,28). The number of nitrogens with zero attached hydrogens (tertiary/aromatic N) is 4. The van der Waals surface area contributed by atoms with Crippen LogP contribution in [0.2, 0.25) is 0 Å². The molecule has 1 saturated heterocycles. The summed E-state index contributed by atoms with van der Waals surface area (Å²) in [6.07, 6.45) is 6.66. The molecule has 1 aromatic carbocycles. The zero-order valence-electron chi connectivity index (χ0n) is 17.8. The molecule has 1 unspecified atom stereocenters. The van der Waals surface area contributed by atoms with E-state index in [1.807, 2.05) is 23.1 Å². The summed E-state index contributed by atoms with van der Waals surface area (Å²) in [4.78, 5) is 21.7. The van der Waals surface area contributed by atoms with Crippen LogP contribution in [0.25, 0.3) is 0 Å². The molecule has 2 aliphatic rings. The second-order valence-corrected chi connectivity index (χ2v) is 9.02. The van der Waals surface area contributed by atoms with Crippen molar-refractivity contribution in [2.75, 3.05) is 31.6 Å². The molecule has 0 radical (unpaired) electrons. The summed E-state index contributed by atoms with van der Waals surface area (Å²) in [6, 6.07) is 8.59. The Hall–Kier alpha value is -2.35. The van der Waals surface area contributed by atoms with Crippen LogP contribution in [-0.2, 0) is 6.42 Å². The van der Waals surface area contributed by atoms with Gasteiger partial charge in [0.1, 0.15) is 11.6 Å². The first-order valence-corrected chi connectivity index (χ1v) is 11.7. The monoisotopic (exact) mass is 429 g/mol. The van der Waals surface area contributed by atoms with E-state index in [0.717, 1.165) is 48.2 Å². The number of rotatable bonds is 5. The molecule has 0 bridgehead atoms. The van der Waals surface area contributed by atoms with Gasteiger partial charge in [-0.05, 0) is 37.5 Å².